The zero-order chi connectivity index (χ0) is 23.1. The van der Waals surface area contributed by atoms with Crippen molar-refractivity contribution in [1.29, 1.82) is 0 Å². The van der Waals surface area contributed by atoms with E-state index in [4.69, 9.17) is 25.8 Å². The van der Waals surface area contributed by atoms with Crippen molar-refractivity contribution >= 4 is 23.8 Å². The summed E-state index contributed by atoms with van der Waals surface area (Å²) in [6.45, 7) is 6.15. The largest absolute Gasteiger partial charge is 0.497 e. The SMILES string of the molecule is CCOc1cc(/C=N/Nc2nnc(-c3ccc(OC)cc3)c(=O)[nH]2)cc(Cl)c1OC(C)C. The first-order valence-corrected chi connectivity index (χ1v) is 10.3. The first-order chi connectivity index (χ1) is 15.4. The molecule has 0 spiro atoms. The summed E-state index contributed by atoms with van der Waals surface area (Å²) in [5.41, 5.74) is 3.74. The van der Waals surface area contributed by atoms with Crippen LogP contribution in [0.2, 0.25) is 5.02 Å². The van der Waals surface area contributed by atoms with Gasteiger partial charge >= 0.3 is 0 Å². The summed E-state index contributed by atoms with van der Waals surface area (Å²) in [6, 6.07) is 10.4. The van der Waals surface area contributed by atoms with Gasteiger partial charge in [0.05, 0.1) is 31.1 Å². The Morgan fingerprint density at radius 3 is 2.59 bits per heavy atom. The predicted molar refractivity (Wildman–Crippen MR) is 124 cm³/mol. The number of ether oxygens (including phenoxy) is 3. The molecule has 0 fully saturated rings. The summed E-state index contributed by atoms with van der Waals surface area (Å²) in [6.07, 6.45) is 1.47. The lowest BCUT2D eigenvalue weighted by Crippen LogP contribution is -2.15. The lowest BCUT2D eigenvalue weighted by Gasteiger charge is -2.16. The van der Waals surface area contributed by atoms with Crippen LogP contribution in [0.4, 0.5) is 5.95 Å². The van der Waals surface area contributed by atoms with E-state index >= 15 is 0 Å². The van der Waals surface area contributed by atoms with Gasteiger partial charge in [-0.25, -0.2) is 5.43 Å². The summed E-state index contributed by atoms with van der Waals surface area (Å²) in [5.74, 6) is 1.78. The third-order valence-corrected chi connectivity index (χ3v) is 4.41. The van der Waals surface area contributed by atoms with Crippen molar-refractivity contribution in [2.24, 2.45) is 5.10 Å². The van der Waals surface area contributed by atoms with Gasteiger partial charge in [0.15, 0.2) is 17.2 Å². The fraction of sp³-hybridized carbons (Fsp3) is 0.273. The molecular weight excluding hydrogens is 434 g/mol. The standard InChI is InChI=1S/C22H24ClN5O4/c1-5-31-18-11-14(10-17(23)20(18)32-13(2)3)12-24-27-22-25-21(29)19(26-28-22)15-6-8-16(30-4)9-7-15/h6-13H,5H2,1-4H3,(H2,25,27,28,29)/b24-12+. The third kappa shape index (κ3) is 5.76. The Kier molecular flexibility index (Phi) is 7.67. The maximum atomic E-state index is 12.4. The Bertz CT molecular complexity index is 1150. The maximum absolute atomic E-state index is 12.4. The Morgan fingerprint density at radius 2 is 1.97 bits per heavy atom. The molecule has 0 aliphatic heterocycles. The Labute approximate surface area is 190 Å². The van der Waals surface area contributed by atoms with Crippen molar-refractivity contribution in [3.63, 3.8) is 0 Å². The van der Waals surface area contributed by atoms with Crippen LogP contribution in [0.5, 0.6) is 17.2 Å². The van der Waals surface area contributed by atoms with Gasteiger partial charge in [0.1, 0.15) is 5.75 Å². The number of halogens is 1. The molecule has 3 rings (SSSR count). The zero-order valence-corrected chi connectivity index (χ0v) is 18.9. The van der Waals surface area contributed by atoms with E-state index in [1.807, 2.05) is 20.8 Å². The number of hydrogen-bond acceptors (Lipinski definition) is 8. The summed E-state index contributed by atoms with van der Waals surface area (Å²) in [4.78, 5) is 15.0. The number of aromatic nitrogens is 3. The molecule has 0 bridgehead atoms. The highest BCUT2D eigenvalue weighted by atomic mass is 35.5. The molecule has 1 aromatic heterocycles. The normalized spacial score (nSPS) is 11.1. The van der Waals surface area contributed by atoms with Crippen LogP contribution in [0.25, 0.3) is 11.3 Å². The maximum Gasteiger partial charge on any atom is 0.279 e. The van der Waals surface area contributed by atoms with E-state index in [9.17, 15) is 4.79 Å². The van der Waals surface area contributed by atoms with Crippen LogP contribution >= 0.6 is 11.6 Å². The van der Waals surface area contributed by atoms with Crippen LogP contribution in [0.1, 0.15) is 26.3 Å². The lowest BCUT2D eigenvalue weighted by atomic mass is 10.1. The van der Waals surface area contributed by atoms with Gasteiger partial charge in [-0.1, -0.05) is 11.6 Å². The van der Waals surface area contributed by atoms with Gasteiger partial charge in [-0.15, -0.1) is 10.2 Å². The average Bonchev–Trinajstić information content (AvgIpc) is 2.76. The molecule has 1 heterocycles. The molecule has 168 valence electrons. The van der Waals surface area contributed by atoms with Crippen molar-refractivity contribution in [2.45, 2.75) is 26.9 Å². The highest BCUT2D eigenvalue weighted by Gasteiger charge is 2.13. The van der Waals surface area contributed by atoms with Gasteiger partial charge in [-0.05, 0) is 62.7 Å². The molecule has 0 radical (unpaired) electrons. The topological polar surface area (TPSA) is 111 Å². The van der Waals surface area contributed by atoms with Crippen molar-refractivity contribution in [1.82, 2.24) is 15.2 Å². The second-order valence-corrected chi connectivity index (χ2v) is 7.29. The van der Waals surface area contributed by atoms with Gasteiger partial charge in [0.25, 0.3) is 5.56 Å². The molecule has 0 aliphatic rings. The van der Waals surface area contributed by atoms with E-state index in [1.165, 1.54) is 6.21 Å². The number of hydrazone groups is 1. The highest BCUT2D eigenvalue weighted by molar-refractivity contribution is 6.32. The minimum atomic E-state index is -0.403. The predicted octanol–water partition coefficient (Wildman–Crippen LogP) is 4.13. The fourth-order valence-corrected chi connectivity index (χ4v) is 3.03. The molecule has 9 nitrogen and oxygen atoms in total. The average molecular weight is 458 g/mol. The number of benzene rings is 2. The Hall–Kier alpha value is -3.59. The highest BCUT2D eigenvalue weighted by Crippen LogP contribution is 2.37. The lowest BCUT2D eigenvalue weighted by molar-refractivity contribution is 0.224. The van der Waals surface area contributed by atoms with E-state index < -0.39 is 5.56 Å². The molecule has 0 aliphatic carbocycles. The first kappa shape index (κ1) is 23.1. The van der Waals surface area contributed by atoms with Crippen LogP contribution in [-0.2, 0) is 0 Å². The van der Waals surface area contributed by atoms with E-state index in [2.05, 4.69) is 25.7 Å². The number of H-pyrrole nitrogens is 1. The van der Waals surface area contributed by atoms with Crippen LogP contribution in [0.15, 0.2) is 46.3 Å². The molecule has 0 saturated carbocycles. The summed E-state index contributed by atoms with van der Waals surface area (Å²) >= 11 is 6.36. The van der Waals surface area contributed by atoms with Gasteiger partial charge in [0.2, 0.25) is 5.95 Å². The van der Waals surface area contributed by atoms with E-state index in [1.54, 1.807) is 43.5 Å². The number of nitrogens with zero attached hydrogens (tertiary/aromatic N) is 3. The van der Waals surface area contributed by atoms with E-state index in [0.29, 0.717) is 40.0 Å². The molecule has 32 heavy (non-hydrogen) atoms. The second kappa shape index (κ2) is 10.6. The van der Waals surface area contributed by atoms with Gasteiger partial charge in [-0.3, -0.25) is 9.78 Å². The minimum absolute atomic E-state index is 0.0517. The summed E-state index contributed by atoms with van der Waals surface area (Å²) < 4.78 is 16.5. The van der Waals surface area contributed by atoms with Crippen LogP contribution in [0, 0.1) is 0 Å². The molecule has 0 amide bonds. The monoisotopic (exact) mass is 457 g/mol. The molecule has 10 heteroatoms. The van der Waals surface area contributed by atoms with Crippen molar-refractivity contribution in [3.05, 3.63) is 57.3 Å². The van der Waals surface area contributed by atoms with Crippen LogP contribution in [0.3, 0.4) is 0 Å². The summed E-state index contributed by atoms with van der Waals surface area (Å²) in [7, 11) is 1.57. The molecule has 3 aromatic rings. The van der Waals surface area contributed by atoms with Crippen molar-refractivity contribution < 1.29 is 14.2 Å². The molecule has 2 N–H and O–H groups in total. The smallest absolute Gasteiger partial charge is 0.279 e. The van der Waals surface area contributed by atoms with E-state index in [0.717, 1.165) is 0 Å². The first-order valence-electron chi connectivity index (χ1n) is 9.94. The molecule has 0 atom stereocenters. The second-order valence-electron chi connectivity index (χ2n) is 6.88. The molecule has 0 saturated heterocycles. The van der Waals surface area contributed by atoms with E-state index in [-0.39, 0.29) is 17.7 Å². The summed E-state index contributed by atoms with van der Waals surface area (Å²) in [5, 5.41) is 12.5. The molecule has 2 aromatic carbocycles. The van der Waals surface area contributed by atoms with Gasteiger partial charge in [-0.2, -0.15) is 5.10 Å². The zero-order valence-electron chi connectivity index (χ0n) is 18.2. The molecular formula is C22H24ClN5O4. The Balaban J connectivity index is 1.75. The number of methoxy groups -OCH3 is 1. The third-order valence-electron chi connectivity index (χ3n) is 4.13. The van der Waals surface area contributed by atoms with Gasteiger partial charge < -0.3 is 14.2 Å². The quantitative estimate of drug-likeness (QED) is 0.367. The van der Waals surface area contributed by atoms with Crippen molar-refractivity contribution in [2.75, 3.05) is 19.1 Å². The number of anilines is 1. The van der Waals surface area contributed by atoms with Crippen molar-refractivity contribution in [3.8, 4) is 28.5 Å². The minimum Gasteiger partial charge on any atom is -0.497 e. The molecule has 0 unspecified atom stereocenters. The van der Waals surface area contributed by atoms with Crippen LogP contribution < -0.4 is 25.2 Å². The number of nitrogens with one attached hydrogen (secondary N) is 2. The fourth-order valence-electron chi connectivity index (χ4n) is 2.77. The number of rotatable bonds is 9. The van der Waals surface area contributed by atoms with Crippen LogP contribution in [-0.4, -0.2) is 41.2 Å². The van der Waals surface area contributed by atoms with Gasteiger partial charge in [0, 0.05) is 5.56 Å². The number of hydrogen-bond donors (Lipinski definition) is 2. The Morgan fingerprint density at radius 1 is 1.22 bits per heavy atom. The number of aromatic amines is 1.